The summed E-state index contributed by atoms with van der Waals surface area (Å²) in [6, 6.07) is 16.8. The van der Waals surface area contributed by atoms with Crippen LogP contribution in [-0.2, 0) is 11.3 Å². The average molecular weight is 438 g/mol. The number of aryl methyl sites for hydroxylation is 1. The van der Waals surface area contributed by atoms with Crippen LogP contribution in [0.2, 0.25) is 5.02 Å². The Labute approximate surface area is 186 Å². The molecule has 0 unspecified atom stereocenters. The molecule has 4 rings (SSSR count). The van der Waals surface area contributed by atoms with E-state index in [0.29, 0.717) is 28.7 Å². The molecule has 0 radical (unpaired) electrons. The van der Waals surface area contributed by atoms with E-state index in [-0.39, 0.29) is 5.78 Å². The van der Waals surface area contributed by atoms with Crippen molar-refractivity contribution in [2.75, 3.05) is 31.2 Å². The number of morpholine rings is 1. The van der Waals surface area contributed by atoms with Crippen molar-refractivity contribution >= 4 is 29.1 Å². The van der Waals surface area contributed by atoms with Crippen molar-refractivity contribution in [1.29, 1.82) is 0 Å². The van der Waals surface area contributed by atoms with Gasteiger partial charge < -0.3 is 18.8 Å². The topological polar surface area (TPSA) is 51.9 Å². The number of hydrogen-bond acceptors (Lipinski definition) is 5. The third-order valence-corrected chi connectivity index (χ3v) is 5.54. The molecular formula is C25H24ClNO4. The van der Waals surface area contributed by atoms with Crippen LogP contribution < -0.4 is 9.64 Å². The molecule has 5 nitrogen and oxygen atoms in total. The first-order valence-corrected chi connectivity index (χ1v) is 10.6. The summed E-state index contributed by atoms with van der Waals surface area (Å²) in [6.45, 7) is 5.44. The van der Waals surface area contributed by atoms with Gasteiger partial charge in [-0.1, -0.05) is 11.6 Å². The predicted octanol–water partition coefficient (Wildman–Crippen LogP) is 5.55. The molecule has 0 aliphatic carbocycles. The van der Waals surface area contributed by atoms with Gasteiger partial charge >= 0.3 is 0 Å². The second-order valence-corrected chi connectivity index (χ2v) is 7.75. The maximum atomic E-state index is 12.5. The maximum Gasteiger partial charge on any atom is 0.185 e. The van der Waals surface area contributed by atoms with E-state index in [0.717, 1.165) is 43.3 Å². The van der Waals surface area contributed by atoms with Gasteiger partial charge in [0.15, 0.2) is 5.78 Å². The van der Waals surface area contributed by atoms with Crippen molar-refractivity contribution in [1.82, 2.24) is 0 Å². The van der Waals surface area contributed by atoms with E-state index < -0.39 is 0 Å². The van der Waals surface area contributed by atoms with Crippen LogP contribution in [-0.4, -0.2) is 32.1 Å². The monoisotopic (exact) mass is 437 g/mol. The molecule has 1 saturated heterocycles. The Hall–Kier alpha value is -3.02. The molecule has 2 heterocycles. The average Bonchev–Trinajstić information content (AvgIpc) is 3.27. The van der Waals surface area contributed by atoms with Crippen LogP contribution in [0.5, 0.6) is 5.75 Å². The Kier molecular flexibility index (Phi) is 6.75. The highest BCUT2D eigenvalue weighted by molar-refractivity contribution is 6.31. The summed E-state index contributed by atoms with van der Waals surface area (Å²) in [5.74, 6) is 1.93. The molecule has 0 amide bonds. The summed E-state index contributed by atoms with van der Waals surface area (Å²) in [5, 5.41) is 0.707. The summed E-state index contributed by atoms with van der Waals surface area (Å²) >= 11 is 6.03. The maximum absolute atomic E-state index is 12.5. The fourth-order valence-corrected chi connectivity index (χ4v) is 3.45. The summed E-state index contributed by atoms with van der Waals surface area (Å²) in [6.07, 6.45) is 3.20. The van der Waals surface area contributed by atoms with Crippen molar-refractivity contribution in [2.24, 2.45) is 0 Å². The first-order chi connectivity index (χ1) is 15.1. The lowest BCUT2D eigenvalue weighted by Crippen LogP contribution is -2.36. The minimum atomic E-state index is -0.0700. The molecule has 0 saturated carbocycles. The molecule has 2 aromatic carbocycles. The van der Waals surface area contributed by atoms with E-state index in [1.807, 2.05) is 61.5 Å². The third kappa shape index (κ3) is 5.57. The van der Waals surface area contributed by atoms with Gasteiger partial charge in [0, 0.05) is 29.4 Å². The number of hydrogen-bond donors (Lipinski definition) is 0. The molecule has 0 atom stereocenters. The van der Waals surface area contributed by atoms with Crippen LogP contribution in [0.1, 0.15) is 27.4 Å². The second kappa shape index (κ2) is 9.86. The van der Waals surface area contributed by atoms with Gasteiger partial charge in [-0.15, -0.1) is 0 Å². The number of benzene rings is 2. The Bertz CT molecular complexity index is 1070. The molecule has 1 aliphatic heterocycles. The Morgan fingerprint density at radius 2 is 1.87 bits per heavy atom. The lowest BCUT2D eigenvalue weighted by molar-refractivity contribution is 0.104. The molecule has 0 N–H and O–H groups in total. The number of anilines is 1. The number of furan rings is 1. The smallest absolute Gasteiger partial charge is 0.185 e. The minimum absolute atomic E-state index is 0.0700. The van der Waals surface area contributed by atoms with Gasteiger partial charge in [0.25, 0.3) is 0 Å². The zero-order chi connectivity index (χ0) is 21.6. The zero-order valence-electron chi connectivity index (χ0n) is 17.3. The van der Waals surface area contributed by atoms with Crippen molar-refractivity contribution in [3.8, 4) is 5.75 Å². The van der Waals surface area contributed by atoms with Gasteiger partial charge in [-0.3, -0.25) is 4.79 Å². The lowest BCUT2D eigenvalue weighted by atomic mass is 10.1. The van der Waals surface area contributed by atoms with Crippen molar-refractivity contribution in [3.63, 3.8) is 0 Å². The second-order valence-electron chi connectivity index (χ2n) is 7.35. The molecule has 31 heavy (non-hydrogen) atoms. The molecule has 6 heteroatoms. The molecule has 160 valence electrons. The van der Waals surface area contributed by atoms with Crippen LogP contribution >= 0.6 is 11.6 Å². The van der Waals surface area contributed by atoms with Gasteiger partial charge in [-0.05, 0) is 79.2 Å². The van der Waals surface area contributed by atoms with Crippen molar-refractivity contribution in [2.45, 2.75) is 13.5 Å². The number of carbonyl (C=O) groups excluding carboxylic acids is 1. The molecule has 0 bridgehead atoms. The summed E-state index contributed by atoms with van der Waals surface area (Å²) < 4.78 is 16.9. The number of ether oxygens (including phenoxy) is 2. The van der Waals surface area contributed by atoms with Crippen molar-refractivity contribution < 1.29 is 18.7 Å². The standard InChI is InChI=1S/C25H24ClNO4/c1-18-16-22(8-10-24(18)26)30-17-23-7-6-21(31-23)9-11-25(28)19-2-4-20(5-3-19)27-12-14-29-15-13-27/h2-11,16H,12-15,17H2,1H3/b11-9+. The van der Waals surface area contributed by atoms with E-state index in [9.17, 15) is 4.79 Å². The third-order valence-electron chi connectivity index (χ3n) is 5.12. The first kappa shape index (κ1) is 21.2. The van der Waals surface area contributed by atoms with Gasteiger partial charge in [0.1, 0.15) is 23.9 Å². The normalized spacial score (nSPS) is 14.2. The largest absolute Gasteiger partial charge is 0.486 e. The van der Waals surface area contributed by atoms with Gasteiger partial charge in [0.2, 0.25) is 0 Å². The summed E-state index contributed by atoms with van der Waals surface area (Å²) in [7, 11) is 0. The van der Waals surface area contributed by atoms with E-state index >= 15 is 0 Å². The van der Waals surface area contributed by atoms with Gasteiger partial charge in [-0.25, -0.2) is 0 Å². The van der Waals surface area contributed by atoms with E-state index in [1.165, 1.54) is 6.08 Å². The molecule has 1 aliphatic rings. The Morgan fingerprint density at radius 3 is 2.61 bits per heavy atom. The van der Waals surface area contributed by atoms with Gasteiger partial charge in [-0.2, -0.15) is 0 Å². The fourth-order valence-electron chi connectivity index (χ4n) is 3.34. The zero-order valence-corrected chi connectivity index (χ0v) is 18.1. The highest BCUT2D eigenvalue weighted by atomic mass is 35.5. The van der Waals surface area contributed by atoms with Crippen LogP contribution in [0.15, 0.2) is 65.1 Å². The summed E-state index contributed by atoms with van der Waals surface area (Å²) in [4.78, 5) is 14.7. The molecule has 1 aromatic heterocycles. The predicted molar refractivity (Wildman–Crippen MR) is 122 cm³/mol. The number of nitrogens with zero attached hydrogens (tertiary/aromatic N) is 1. The molecule has 3 aromatic rings. The lowest BCUT2D eigenvalue weighted by Gasteiger charge is -2.28. The molecule has 0 spiro atoms. The number of ketones is 1. The van der Waals surface area contributed by atoms with Crippen LogP contribution in [0.4, 0.5) is 5.69 Å². The van der Waals surface area contributed by atoms with E-state index in [1.54, 1.807) is 6.08 Å². The van der Waals surface area contributed by atoms with Crippen LogP contribution in [0, 0.1) is 6.92 Å². The Morgan fingerprint density at radius 1 is 1.10 bits per heavy atom. The SMILES string of the molecule is Cc1cc(OCc2ccc(/C=C/C(=O)c3ccc(N4CCOCC4)cc3)o2)ccc1Cl. The Balaban J connectivity index is 1.32. The molecular weight excluding hydrogens is 414 g/mol. The highest BCUT2D eigenvalue weighted by Crippen LogP contribution is 2.22. The number of carbonyl (C=O) groups is 1. The van der Waals surface area contributed by atoms with E-state index in [4.69, 9.17) is 25.5 Å². The minimum Gasteiger partial charge on any atom is -0.486 e. The number of halogens is 1. The quantitative estimate of drug-likeness (QED) is 0.358. The van der Waals surface area contributed by atoms with Crippen LogP contribution in [0.3, 0.4) is 0 Å². The fraction of sp³-hybridized carbons (Fsp3) is 0.240. The molecule has 1 fully saturated rings. The highest BCUT2D eigenvalue weighted by Gasteiger charge is 2.11. The summed E-state index contributed by atoms with van der Waals surface area (Å²) in [5.41, 5.74) is 2.70. The van der Waals surface area contributed by atoms with E-state index in [2.05, 4.69) is 4.90 Å². The number of allylic oxidation sites excluding steroid dienone is 1. The first-order valence-electron chi connectivity index (χ1n) is 10.2. The number of rotatable bonds is 7. The van der Waals surface area contributed by atoms with Crippen molar-refractivity contribution in [3.05, 3.63) is 88.3 Å². The van der Waals surface area contributed by atoms with Crippen LogP contribution in [0.25, 0.3) is 6.08 Å². The van der Waals surface area contributed by atoms with Gasteiger partial charge in [0.05, 0.1) is 13.2 Å².